The average Bonchev–Trinajstić information content (AvgIpc) is 2.47. The van der Waals surface area contributed by atoms with Crippen LogP contribution in [-0.2, 0) is 10.0 Å². The molecule has 0 aliphatic carbocycles. The van der Waals surface area contributed by atoms with Gasteiger partial charge >= 0.3 is 0 Å². The van der Waals surface area contributed by atoms with Crippen LogP contribution >= 0.6 is 0 Å². The van der Waals surface area contributed by atoms with Crippen molar-refractivity contribution in [2.24, 2.45) is 5.73 Å². The quantitative estimate of drug-likeness (QED) is 0.852. The summed E-state index contributed by atoms with van der Waals surface area (Å²) in [6.45, 7) is 3.81. The molecule has 0 amide bonds. The molecule has 1 aliphatic rings. The smallest absolute Gasteiger partial charge is 0.211 e. The Hall–Kier alpha value is -0.950. The number of hydrogen-bond acceptors (Lipinski definition) is 4. The Morgan fingerprint density at radius 3 is 2.33 bits per heavy atom. The van der Waals surface area contributed by atoms with Crippen LogP contribution in [0.5, 0.6) is 0 Å². The highest BCUT2D eigenvalue weighted by atomic mass is 32.2. The van der Waals surface area contributed by atoms with Gasteiger partial charge in [-0.3, -0.25) is 0 Å². The van der Waals surface area contributed by atoms with Gasteiger partial charge in [0.15, 0.2) is 0 Å². The van der Waals surface area contributed by atoms with Crippen LogP contribution in [0.15, 0.2) is 30.3 Å². The lowest BCUT2D eigenvalue weighted by molar-refractivity contribution is 0.185. The van der Waals surface area contributed by atoms with Crippen molar-refractivity contribution in [1.29, 1.82) is 0 Å². The first-order valence-corrected chi connectivity index (χ1v) is 9.29. The molecule has 21 heavy (non-hydrogen) atoms. The fourth-order valence-electron chi connectivity index (χ4n) is 2.69. The second kappa shape index (κ2) is 7.35. The second-order valence-corrected chi connectivity index (χ2v) is 7.65. The maximum absolute atomic E-state index is 11.4. The minimum Gasteiger partial charge on any atom is -0.324 e. The molecule has 6 heteroatoms. The lowest BCUT2D eigenvalue weighted by Gasteiger charge is -2.33. The van der Waals surface area contributed by atoms with E-state index < -0.39 is 10.0 Å². The lowest BCUT2D eigenvalue weighted by Crippen LogP contribution is -2.48. The van der Waals surface area contributed by atoms with Crippen LogP contribution in [-0.4, -0.2) is 56.6 Å². The zero-order valence-corrected chi connectivity index (χ0v) is 13.4. The van der Waals surface area contributed by atoms with Crippen molar-refractivity contribution in [2.75, 3.05) is 39.0 Å². The van der Waals surface area contributed by atoms with Gasteiger partial charge in [-0.2, -0.15) is 4.31 Å². The molecule has 1 aromatic carbocycles. The Morgan fingerprint density at radius 2 is 1.76 bits per heavy atom. The number of rotatable bonds is 6. The summed E-state index contributed by atoms with van der Waals surface area (Å²) in [6.07, 6.45) is 3.27. The monoisotopic (exact) mass is 311 g/mol. The number of sulfonamides is 1. The van der Waals surface area contributed by atoms with E-state index >= 15 is 0 Å². The van der Waals surface area contributed by atoms with Gasteiger partial charge in [-0.1, -0.05) is 30.3 Å². The van der Waals surface area contributed by atoms with Crippen LogP contribution in [0.4, 0.5) is 0 Å². The molecule has 0 aromatic heterocycles. The summed E-state index contributed by atoms with van der Waals surface area (Å²) in [7, 11) is -3.03. The first-order chi connectivity index (χ1) is 9.97. The number of piperazine rings is 1. The Labute approximate surface area is 127 Å². The molecule has 2 N–H and O–H groups in total. The first kappa shape index (κ1) is 16.4. The van der Waals surface area contributed by atoms with E-state index in [-0.39, 0.29) is 6.04 Å². The molecule has 1 fully saturated rings. The number of nitrogens with zero attached hydrogens (tertiary/aromatic N) is 2. The number of hydrogen-bond donors (Lipinski definition) is 1. The molecule has 0 spiro atoms. The van der Waals surface area contributed by atoms with Crippen LogP contribution in [0, 0.1) is 0 Å². The van der Waals surface area contributed by atoms with Crippen LogP contribution in [0.2, 0.25) is 0 Å². The van der Waals surface area contributed by atoms with Crippen molar-refractivity contribution >= 4 is 10.0 Å². The fourth-order valence-corrected chi connectivity index (χ4v) is 3.51. The Bertz CT molecular complexity index is 525. The minimum absolute atomic E-state index is 0.0866. The van der Waals surface area contributed by atoms with Crippen molar-refractivity contribution in [3.63, 3.8) is 0 Å². The average molecular weight is 311 g/mol. The minimum atomic E-state index is -3.03. The summed E-state index contributed by atoms with van der Waals surface area (Å²) >= 11 is 0. The normalized spacial score (nSPS) is 19.5. The van der Waals surface area contributed by atoms with E-state index in [0.29, 0.717) is 13.1 Å². The molecular weight excluding hydrogens is 286 g/mol. The van der Waals surface area contributed by atoms with E-state index in [2.05, 4.69) is 17.0 Å². The standard InChI is InChI=1S/C15H25N3O2S/c1-21(19,20)18-12-10-17(11-13-18)9-5-8-15(16)14-6-3-2-4-7-14/h2-4,6-7,15H,5,8-13,16H2,1H3. The molecule has 1 aromatic rings. The molecule has 0 radical (unpaired) electrons. The van der Waals surface area contributed by atoms with E-state index in [4.69, 9.17) is 5.73 Å². The molecule has 1 unspecified atom stereocenters. The molecule has 0 bridgehead atoms. The molecule has 2 rings (SSSR count). The van der Waals surface area contributed by atoms with Crippen molar-refractivity contribution in [3.05, 3.63) is 35.9 Å². The number of nitrogens with two attached hydrogens (primary N) is 1. The van der Waals surface area contributed by atoms with E-state index in [1.54, 1.807) is 4.31 Å². The SMILES string of the molecule is CS(=O)(=O)N1CCN(CCCC(N)c2ccccc2)CC1. The maximum Gasteiger partial charge on any atom is 0.211 e. The van der Waals surface area contributed by atoms with Gasteiger partial charge in [0.1, 0.15) is 0 Å². The van der Waals surface area contributed by atoms with Crippen LogP contribution < -0.4 is 5.73 Å². The Kier molecular flexibility index (Phi) is 5.75. The molecule has 1 saturated heterocycles. The molecule has 5 nitrogen and oxygen atoms in total. The molecule has 1 heterocycles. The summed E-state index contributed by atoms with van der Waals surface area (Å²) in [5, 5.41) is 0. The number of benzene rings is 1. The topological polar surface area (TPSA) is 66.6 Å². The highest BCUT2D eigenvalue weighted by Crippen LogP contribution is 2.16. The van der Waals surface area contributed by atoms with Crippen molar-refractivity contribution in [3.8, 4) is 0 Å². The molecule has 1 atom stereocenters. The van der Waals surface area contributed by atoms with Gasteiger partial charge in [-0.05, 0) is 24.9 Å². The maximum atomic E-state index is 11.4. The van der Waals surface area contributed by atoms with Gasteiger partial charge in [0.2, 0.25) is 10.0 Å². The molecule has 1 aliphatic heterocycles. The Morgan fingerprint density at radius 1 is 1.14 bits per heavy atom. The van der Waals surface area contributed by atoms with Gasteiger partial charge in [-0.25, -0.2) is 8.42 Å². The third-order valence-corrected chi connectivity index (χ3v) is 5.32. The third kappa shape index (κ3) is 5.07. The van der Waals surface area contributed by atoms with E-state index in [9.17, 15) is 8.42 Å². The van der Waals surface area contributed by atoms with Gasteiger partial charge < -0.3 is 10.6 Å². The zero-order chi connectivity index (χ0) is 15.3. The summed E-state index contributed by atoms with van der Waals surface area (Å²) in [4.78, 5) is 2.32. The predicted molar refractivity (Wildman–Crippen MR) is 85.5 cm³/mol. The summed E-state index contributed by atoms with van der Waals surface area (Å²) in [5.41, 5.74) is 7.36. The van der Waals surface area contributed by atoms with Crippen LogP contribution in [0.3, 0.4) is 0 Å². The van der Waals surface area contributed by atoms with Gasteiger partial charge in [0, 0.05) is 32.2 Å². The lowest BCUT2D eigenvalue weighted by atomic mass is 10.0. The van der Waals surface area contributed by atoms with E-state index in [1.165, 1.54) is 11.8 Å². The molecular formula is C15H25N3O2S. The fraction of sp³-hybridized carbons (Fsp3) is 0.600. The van der Waals surface area contributed by atoms with Gasteiger partial charge in [0.25, 0.3) is 0 Å². The highest BCUT2D eigenvalue weighted by Gasteiger charge is 2.22. The summed E-state index contributed by atoms with van der Waals surface area (Å²) < 4.78 is 24.4. The van der Waals surface area contributed by atoms with Crippen molar-refractivity contribution in [1.82, 2.24) is 9.21 Å². The van der Waals surface area contributed by atoms with Crippen LogP contribution in [0.1, 0.15) is 24.4 Å². The van der Waals surface area contributed by atoms with E-state index in [0.717, 1.165) is 32.5 Å². The summed E-state index contributed by atoms with van der Waals surface area (Å²) in [6, 6.07) is 10.2. The molecule has 0 saturated carbocycles. The van der Waals surface area contributed by atoms with E-state index in [1.807, 2.05) is 18.2 Å². The van der Waals surface area contributed by atoms with Crippen molar-refractivity contribution in [2.45, 2.75) is 18.9 Å². The third-order valence-electron chi connectivity index (χ3n) is 4.02. The van der Waals surface area contributed by atoms with Crippen LogP contribution in [0.25, 0.3) is 0 Å². The predicted octanol–water partition coefficient (Wildman–Crippen LogP) is 1.04. The highest BCUT2D eigenvalue weighted by molar-refractivity contribution is 7.88. The van der Waals surface area contributed by atoms with Gasteiger partial charge in [0.05, 0.1) is 6.26 Å². The zero-order valence-electron chi connectivity index (χ0n) is 12.6. The second-order valence-electron chi connectivity index (χ2n) is 5.66. The molecule has 118 valence electrons. The Balaban J connectivity index is 1.69. The van der Waals surface area contributed by atoms with Crippen molar-refractivity contribution < 1.29 is 8.42 Å². The largest absolute Gasteiger partial charge is 0.324 e. The first-order valence-electron chi connectivity index (χ1n) is 7.45. The summed E-state index contributed by atoms with van der Waals surface area (Å²) in [5.74, 6) is 0. The van der Waals surface area contributed by atoms with Gasteiger partial charge in [-0.15, -0.1) is 0 Å².